The number of anilines is 3. The third kappa shape index (κ3) is 2.94. The van der Waals surface area contributed by atoms with Gasteiger partial charge in [0.05, 0.1) is 23.0 Å². The number of nitrogens with one attached hydrogen (secondary N) is 1. The van der Waals surface area contributed by atoms with Crippen LogP contribution in [0.2, 0.25) is 0 Å². The highest BCUT2D eigenvalue weighted by Crippen LogP contribution is 2.28. The summed E-state index contributed by atoms with van der Waals surface area (Å²) in [6, 6.07) is 13.2. The number of rotatable bonds is 2. The molecule has 0 amide bonds. The summed E-state index contributed by atoms with van der Waals surface area (Å²) < 4.78 is 2.17. The van der Waals surface area contributed by atoms with Gasteiger partial charge in [0.25, 0.3) is 0 Å². The average Bonchev–Trinajstić information content (AvgIpc) is 2.36. The number of benzene rings is 2. The minimum Gasteiger partial charge on any atom is -0.397 e. The molecule has 0 unspecified atom stereocenters. The van der Waals surface area contributed by atoms with Crippen LogP contribution in [0.4, 0.5) is 17.1 Å². The van der Waals surface area contributed by atoms with Crippen molar-refractivity contribution in [2.45, 2.75) is 0 Å². The average molecular weight is 414 g/mol. The molecule has 0 bridgehead atoms. The van der Waals surface area contributed by atoms with Gasteiger partial charge in [0.15, 0.2) is 0 Å². The van der Waals surface area contributed by atoms with Gasteiger partial charge in [-0.1, -0.05) is 0 Å². The third-order valence-corrected chi connectivity index (χ3v) is 4.72. The van der Waals surface area contributed by atoms with Crippen LogP contribution in [-0.2, 0) is 0 Å². The molecule has 2 aromatic rings. The summed E-state index contributed by atoms with van der Waals surface area (Å²) in [6.45, 7) is 0. The van der Waals surface area contributed by atoms with Crippen LogP contribution in [0.25, 0.3) is 0 Å². The monoisotopic (exact) mass is 413 g/mol. The van der Waals surface area contributed by atoms with Crippen LogP contribution in [0, 0.1) is 14.9 Å². The van der Waals surface area contributed by atoms with Crippen molar-refractivity contribution in [2.75, 3.05) is 11.1 Å². The van der Waals surface area contributed by atoms with Crippen molar-refractivity contribution in [3.8, 4) is 6.07 Å². The molecule has 0 aliphatic rings. The van der Waals surface area contributed by atoms with Gasteiger partial charge in [-0.05, 0) is 74.9 Å². The van der Waals surface area contributed by atoms with Crippen LogP contribution < -0.4 is 11.1 Å². The van der Waals surface area contributed by atoms with E-state index in [9.17, 15) is 0 Å². The van der Waals surface area contributed by atoms with Crippen molar-refractivity contribution in [3.05, 3.63) is 50.0 Å². The van der Waals surface area contributed by atoms with E-state index in [0.29, 0.717) is 11.3 Å². The van der Waals surface area contributed by atoms with Crippen LogP contribution in [0.1, 0.15) is 5.56 Å². The second-order valence-electron chi connectivity index (χ2n) is 3.67. The molecule has 5 heteroatoms. The fraction of sp³-hybridized carbons (Fsp3) is 0. The molecule has 0 aromatic heterocycles. The molecule has 3 N–H and O–H groups in total. The van der Waals surface area contributed by atoms with E-state index in [0.717, 1.165) is 19.4 Å². The highest BCUT2D eigenvalue weighted by molar-refractivity contribution is 14.1. The quantitative estimate of drug-likeness (QED) is 0.571. The number of hydrogen-bond donors (Lipinski definition) is 2. The topological polar surface area (TPSA) is 61.8 Å². The van der Waals surface area contributed by atoms with Gasteiger partial charge in [-0.15, -0.1) is 0 Å². The lowest BCUT2D eigenvalue weighted by molar-refractivity contribution is 1.47. The number of nitrogen functional groups attached to an aromatic ring is 1. The molecule has 2 rings (SSSR count). The molecule has 0 heterocycles. The molecule has 90 valence electrons. The van der Waals surface area contributed by atoms with Gasteiger partial charge in [0, 0.05) is 13.7 Å². The third-order valence-electron chi connectivity index (χ3n) is 2.38. The van der Waals surface area contributed by atoms with Gasteiger partial charge < -0.3 is 11.1 Å². The molecule has 0 aliphatic carbocycles. The molecule has 0 radical (unpaired) electrons. The maximum Gasteiger partial charge on any atom is 0.0992 e. The SMILES string of the molecule is N#Cc1ccc(Nc2ccc(I)c(Br)c2)c(N)c1. The first kappa shape index (κ1) is 13.2. The second-order valence-corrected chi connectivity index (χ2v) is 5.68. The predicted octanol–water partition coefficient (Wildman–Crippen LogP) is 4.25. The first-order valence-electron chi connectivity index (χ1n) is 5.12. The van der Waals surface area contributed by atoms with E-state index in [4.69, 9.17) is 11.0 Å². The van der Waals surface area contributed by atoms with E-state index in [1.54, 1.807) is 18.2 Å². The summed E-state index contributed by atoms with van der Waals surface area (Å²) in [7, 11) is 0. The van der Waals surface area contributed by atoms with Crippen molar-refractivity contribution in [3.63, 3.8) is 0 Å². The number of hydrogen-bond acceptors (Lipinski definition) is 3. The normalized spacial score (nSPS) is 9.83. The zero-order chi connectivity index (χ0) is 13.1. The second kappa shape index (κ2) is 5.59. The molecule has 0 aliphatic heterocycles. The zero-order valence-electron chi connectivity index (χ0n) is 9.24. The van der Waals surface area contributed by atoms with Gasteiger partial charge in [-0.3, -0.25) is 0 Å². The Morgan fingerprint density at radius 1 is 1.22 bits per heavy atom. The number of nitriles is 1. The summed E-state index contributed by atoms with van der Waals surface area (Å²) in [5, 5.41) is 12.0. The van der Waals surface area contributed by atoms with Crippen LogP contribution >= 0.6 is 38.5 Å². The molecular formula is C13H9BrIN3. The van der Waals surface area contributed by atoms with E-state index in [2.05, 4.69) is 49.9 Å². The highest BCUT2D eigenvalue weighted by atomic mass is 127. The van der Waals surface area contributed by atoms with Crippen LogP contribution in [0.5, 0.6) is 0 Å². The maximum atomic E-state index is 8.78. The standard InChI is InChI=1S/C13H9BrIN3/c14-10-6-9(2-3-11(10)15)18-13-4-1-8(7-16)5-12(13)17/h1-6,18H,17H2. The Balaban J connectivity index is 2.29. The number of halogens is 2. The summed E-state index contributed by atoms with van der Waals surface area (Å²) in [5.41, 5.74) is 8.74. The van der Waals surface area contributed by atoms with Gasteiger partial charge in [0.2, 0.25) is 0 Å². The molecule has 0 saturated carbocycles. The van der Waals surface area contributed by atoms with Crippen LogP contribution in [0.3, 0.4) is 0 Å². The van der Waals surface area contributed by atoms with Gasteiger partial charge in [-0.2, -0.15) is 5.26 Å². The Hall–Kier alpha value is -1.26. The van der Waals surface area contributed by atoms with Gasteiger partial charge >= 0.3 is 0 Å². The Morgan fingerprint density at radius 3 is 2.61 bits per heavy atom. The molecule has 0 saturated heterocycles. The molecule has 0 spiro atoms. The van der Waals surface area contributed by atoms with E-state index in [-0.39, 0.29) is 0 Å². The lowest BCUT2D eigenvalue weighted by Crippen LogP contribution is -1.97. The fourth-order valence-corrected chi connectivity index (χ4v) is 2.19. The molecule has 18 heavy (non-hydrogen) atoms. The van der Waals surface area contributed by atoms with Crippen LogP contribution in [-0.4, -0.2) is 0 Å². The lowest BCUT2D eigenvalue weighted by Gasteiger charge is -2.10. The predicted molar refractivity (Wildman–Crippen MR) is 85.7 cm³/mol. The van der Waals surface area contributed by atoms with E-state index in [1.165, 1.54) is 0 Å². The van der Waals surface area contributed by atoms with E-state index >= 15 is 0 Å². The first-order valence-corrected chi connectivity index (χ1v) is 6.99. The maximum absolute atomic E-state index is 8.78. The van der Waals surface area contributed by atoms with Crippen molar-refractivity contribution >= 4 is 55.6 Å². The molecule has 2 aromatic carbocycles. The molecular weight excluding hydrogens is 405 g/mol. The number of nitrogens with zero attached hydrogens (tertiary/aromatic N) is 1. The minimum absolute atomic E-state index is 0.557. The largest absolute Gasteiger partial charge is 0.397 e. The number of nitrogens with two attached hydrogens (primary N) is 1. The molecule has 0 atom stereocenters. The van der Waals surface area contributed by atoms with Crippen molar-refractivity contribution in [1.29, 1.82) is 5.26 Å². The van der Waals surface area contributed by atoms with Crippen molar-refractivity contribution in [1.82, 2.24) is 0 Å². The Labute approximate surface area is 127 Å². The minimum atomic E-state index is 0.557. The Morgan fingerprint density at radius 2 is 2.00 bits per heavy atom. The smallest absolute Gasteiger partial charge is 0.0992 e. The van der Waals surface area contributed by atoms with Gasteiger partial charge in [-0.25, -0.2) is 0 Å². The summed E-state index contributed by atoms with van der Waals surface area (Å²) in [4.78, 5) is 0. The molecule has 0 fully saturated rings. The van der Waals surface area contributed by atoms with E-state index in [1.807, 2.05) is 18.2 Å². The van der Waals surface area contributed by atoms with Crippen molar-refractivity contribution < 1.29 is 0 Å². The Kier molecular flexibility index (Phi) is 4.09. The van der Waals surface area contributed by atoms with Crippen LogP contribution in [0.15, 0.2) is 40.9 Å². The fourth-order valence-electron chi connectivity index (χ4n) is 1.48. The van der Waals surface area contributed by atoms with E-state index < -0.39 is 0 Å². The summed E-state index contributed by atoms with van der Waals surface area (Å²) in [6.07, 6.45) is 0. The highest BCUT2D eigenvalue weighted by Gasteiger charge is 2.03. The van der Waals surface area contributed by atoms with Gasteiger partial charge in [0.1, 0.15) is 0 Å². The first-order chi connectivity index (χ1) is 8.60. The lowest BCUT2D eigenvalue weighted by atomic mass is 10.2. The summed E-state index contributed by atoms with van der Waals surface area (Å²) >= 11 is 5.73. The zero-order valence-corrected chi connectivity index (χ0v) is 13.0. The van der Waals surface area contributed by atoms with Crippen molar-refractivity contribution in [2.24, 2.45) is 0 Å². The molecule has 3 nitrogen and oxygen atoms in total. The summed E-state index contributed by atoms with van der Waals surface area (Å²) in [5.74, 6) is 0. The Bertz CT molecular complexity index is 635.